The van der Waals surface area contributed by atoms with Crippen LogP contribution in [0.3, 0.4) is 0 Å². The minimum Gasteiger partial charge on any atom is -0.480 e. The number of rotatable bonds is 5. The van der Waals surface area contributed by atoms with Crippen LogP contribution in [0.4, 0.5) is 0 Å². The van der Waals surface area contributed by atoms with Gasteiger partial charge in [-0.05, 0) is 20.1 Å². The number of amides is 1. The zero-order chi connectivity index (χ0) is 9.78. The lowest BCUT2D eigenvalue weighted by molar-refractivity contribution is -0.141. The first-order chi connectivity index (χ1) is 5.45. The largest absolute Gasteiger partial charge is 0.480 e. The summed E-state index contributed by atoms with van der Waals surface area (Å²) in [5.74, 6) is -1.01. The van der Waals surface area contributed by atoms with Gasteiger partial charge in [0, 0.05) is 4.75 Å². The van der Waals surface area contributed by atoms with E-state index in [1.54, 1.807) is 13.8 Å². The van der Waals surface area contributed by atoms with Gasteiger partial charge in [0.1, 0.15) is 6.04 Å². The SMILES string of the molecule is CSC(C)(C)[C@H](NC=O)C(=O)O. The van der Waals surface area contributed by atoms with Crippen LogP contribution in [0.2, 0.25) is 0 Å². The molecule has 70 valence electrons. The van der Waals surface area contributed by atoms with E-state index in [4.69, 9.17) is 5.11 Å². The summed E-state index contributed by atoms with van der Waals surface area (Å²) >= 11 is 1.40. The lowest BCUT2D eigenvalue weighted by Gasteiger charge is -2.28. The van der Waals surface area contributed by atoms with Gasteiger partial charge in [0.2, 0.25) is 6.41 Å². The molecule has 0 rings (SSSR count). The summed E-state index contributed by atoms with van der Waals surface area (Å²) in [6.45, 7) is 3.54. The summed E-state index contributed by atoms with van der Waals surface area (Å²) in [5.41, 5.74) is 0. The van der Waals surface area contributed by atoms with Crippen molar-refractivity contribution in [2.45, 2.75) is 24.6 Å². The first kappa shape index (κ1) is 11.3. The summed E-state index contributed by atoms with van der Waals surface area (Å²) in [6, 6.07) is -0.843. The highest BCUT2D eigenvalue weighted by Gasteiger charge is 2.34. The molecule has 1 amide bonds. The van der Waals surface area contributed by atoms with Gasteiger partial charge in [-0.3, -0.25) is 4.79 Å². The minimum absolute atomic E-state index is 0.413. The molecular formula is C7H13NO3S. The normalized spacial score (nSPS) is 13.6. The molecule has 1 atom stereocenters. The maximum atomic E-state index is 10.7. The summed E-state index contributed by atoms with van der Waals surface area (Å²) < 4.78 is -0.493. The van der Waals surface area contributed by atoms with Gasteiger partial charge >= 0.3 is 5.97 Å². The maximum Gasteiger partial charge on any atom is 0.327 e. The first-order valence-electron chi connectivity index (χ1n) is 3.43. The zero-order valence-electron chi connectivity index (χ0n) is 7.33. The predicted molar refractivity (Wildman–Crippen MR) is 48.2 cm³/mol. The number of carbonyl (C=O) groups is 2. The standard InChI is InChI=1S/C7H13NO3S/c1-7(2,12-3)5(6(10)11)8-4-9/h4-5H,1-3H3,(H,8,9)(H,10,11)/t5-/m1/s1. The Hall–Kier alpha value is -0.710. The van der Waals surface area contributed by atoms with Crippen molar-refractivity contribution >= 4 is 24.1 Å². The first-order valence-corrected chi connectivity index (χ1v) is 4.66. The Morgan fingerprint density at radius 1 is 1.67 bits per heavy atom. The third-order valence-corrected chi connectivity index (χ3v) is 2.99. The van der Waals surface area contributed by atoms with E-state index in [0.717, 1.165) is 0 Å². The lowest BCUT2D eigenvalue weighted by Crippen LogP contribution is -2.49. The van der Waals surface area contributed by atoms with Crippen molar-refractivity contribution in [2.75, 3.05) is 6.26 Å². The van der Waals surface area contributed by atoms with Crippen molar-refractivity contribution in [1.82, 2.24) is 5.32 Å². The van der Waals surface area contributed by atoms with Crippen molar-refractivity contribution in [2.24, 2.45) is 0 Å². The lowest BCUT2D eigenvalue weighted by atomic mass is 10.0. The molecule has 0 aromatic carbocycles. The summed E-state index contributed by atoms with van der Waals surface area (Å²) in [4.78, 5) is 20.8. The highest BCUT2D eigenvalue weighted by Crippen LogP contribution is 2.25. The monoisotopic (exact) mass is 191 g/mol. The van der Waals surface area contributed by atoms with Crippen LogP contribution in [0, 0.1) is 0 Å². The van der Waals surface area contributed by atoms with Crippen LogP contribution in [0.5, 0.6) is 0 Å². The maximum absolute atomic E-state index is 10.7. The number of thioether (sulfide) groups is 1. The fraction of sp³-hybridized carbons (Fsp3) is 0.714. The van der Waals surface area contributed by atoms with Gasteiger partial charge in [0.15, 0.2) is 0 Å². The van der Waals surface area contributed by atoms with Crippen LogP contribution in [-0.4, -0.2) is 34.5 Å². The van der Waals surface area contributed by atoms with Crippen molar-refractivity contribution in [3.8, 4) is 0 Å². The van der Waals surface area contributed by atoms with Crippen LogP contribution in [0.15, 0.2) is 0 Å². The molecule has 0 fully saturated rings. The number of carboxylic acid groups (broad SMARTS) is 1. The molecule has 0 aromatic heterocycles. The second-order valence-electron chi connectivity index (χ2n) is 2.86. The van der Waals surface area contributed by atoms with E-state index >= 15 is 0 Å². The number of hydrogen-bond donors (Lipinski definition) is 2. The van der Waals surface area contributed by atoms with Crippen LogP contribution in [0.1, 0.15) is 13.8 Å². The Labute approximate surface area is 75.7 Å². The van der Waals surface area contributed by atoms with Crippen molar-refractivity contribution in [3.05, 3.63) is 0 Å². The fourth-order valence-corrected chi connectivity index (χ4v) is 1.16. The van der Waals surface area contributed by atoms with Crippen LogP contribution in [0.25, 0.3) is 0 Å². The van der Waals surface area contributed by atoms with Gasteiger partial charge in [-0.2, -0.15) is 11.8 Å². The Morgan fingerprint density at radius 2 is 2.17 bits per heavy atom. The third-order valence-electron chi connectivity index (χ3n) is 1.70. The summed E-state index contributed by atoms with van der Waals surface area (Å²) in [6.07, 6.45) is 2.22. The van der Waals surface area contributed by atoms with E-state index in [-0.39, 0.29) is 0 Å². The molecule has 0 heterocycles. The molecule has 2 N–H and O–H groups in total. The van der Waals surface area contributed by atoms with Crippen LogP contribution < -0.4 is 5.32 Å². The molecule has 0 aliphatic carbocycles. The smallest absolute Gasteiger partial charge is 0.327 e. The highest BCUT2D eigenvalue weighted by atomic mass is 32.2. The molecule has 0 radical (unpaired) electrons. The molecule has 0 aliphatic heterocycles. The van der Waals surface area contributed by atoms with E-state index in [2.05, 4.69) is 5.32 Å². The van der Waals surface area contributed by atoms with Crippen LogP contribution in [-0.2, 0) is 9.59 Å². The molecule has 0 bridgehead atoms. The highest BCUT2D eigenvalue weighted by molar-refractivity contribution is 8.00. The molecule has 5 heteroatoms. The van der Waals surface area contributed by atoms with E-state index in [1.807, 2.05) is 6.26 Å². The Bertz CT molecular complexity index is 181. The second-order valence-corrected chi connectivity index (χ2v) is 4.32. The second kappa shape index (κ2) is 4.35. The van der Waals surface area contributed by atoms with Gasteiger partial charge in [-0.15, -0.1) is 0 Å². The minimum atomic E-state index is -1.01. The Balaban J connectivity index is 4.48. The van der Waals surface area contributed by atoms with Crippen LogP contribution >= 0.6 is 11.8 Å². The van der Waals surface area contributed by atoms with E-state index in [1.165, 1.54) is 11.8 Å². The van der Waals surface area contributed by atoms with Gasteiger partial charge in [-0.25, -0.2) is 4.79 Å². The number of nitrogens with one attached hydrogen (secondary N) is 1. The summed E-state index contributed by atoms with van der Waals surface area (Å²) in [5, 5.41) is 11.0. The Morgan fingerprint density at radius 3 is 2.42 bits per heavy atom. The van der Waals surface area contributed by atoms with E-state index in [0.29, 0.717) is 6.41 Å². The molecule has 0 spiro atoms. The zero-order valence-corrected chi connectivity index (χ0v) is 8.14. The van der Waals surface area contributed by atoms with Crippen molar-refractivity contribution in [3.63, 3.8) is 0 Å². The molecule has 0 aromatic rings. The Kier molecular flexibility index (Phi) is 4.09. The molecular weight excluding hydrogens is 178 g/mol. The molecule has 4 nitrogen and oxygen atoms in total. The van der Waals surface area contributed by atoms with Gasteiger partial charge in [-0.1, -0.05) is 0 Å². The van der Waals surface area contributed by atoms with Gasteiger partial charge in [0.25, 0.3) is 0 Å². The molecule has 0 aliphatic rings. The van der Waals surface area contributed by atoms with E-state index in [9.17, 15) is 9.59 Å². The number of hydrogen-bond acceptors (Lipinski definition) is 3. The number of carbonyl (C=O) groups excluding carboxylic acids is 1. The number of aliphatic carboxylic acids is 1. The average Bonchev–Trinajstić information content (AvgIpc) is 1.99. The topological polar surface area (TPSA) is 66.4 Å². The van der Waals surface area contributed by atoms with Gasteiger partial charge < -0.3 is 10.4 Å². The molecule has 0 unspecified atom stereocenters. The van der Waals surface area contributed by atoms with E-state index < -0.39 is 16.8 Å². The molecule has 0 saturated heterocycles. The quantitative estimate of drug-likeness (QED) is 0.614. The van der Waals surface area contributed by atoms with Crippen molar-refractivity contribution < 1.29 is 14.7 Å². The van der Waals surface area contributed by atoms with Crippen molar-refractivity contribution in [1.29, 1.82) is 0 Å². The van der Waals surface area contributed by atoms with Gasteiger partial charge in [0.05, 0.1) is 0 Å². The molecule has 12 heavy (non-hydrogen) atoms. The average molecular weight is 191 g/mol. The summed E-state index contributed by atoms with van der Waals surface area (Å²) in [7, 11) is 0. The number of carboxylic acids is 1. The fourth-order valence-electron chi connectivity index (χ4n) is 0.755. The third kappa shape index (κ3) is 2.73. The predicted octanol–water partition coefficient (Wildman–Crippen LogP) is 0.327. The molecule has 0 saturated carbocycles.